The van der Waals surface area contributed by atoms with E-state index < -0.39 is 0 Å². The smallest absolute Gasteiger partial charge is 0.263 e. The number of aryl methyl sites for hydroxylation is 2. The van der Waals surface area contributed by atoms with Crippen LogP contribution in [0.2, 0.25) is 0 Å². The Morgan fingerprint density at radius 2 is 2.00 bits per heavy atom. The largest absolute Gasteiger partial charge is 0.283 e. The van der Waals surface area contributed by atoms with Gasteiger partial charge < -0.3 is 0 Å². The van der Waals surface area contributed by atoms with Crippen molar-refractivity contribution in [2.24, 2.45) is 0 Å². The van der Waals surface area contributed by atoms with Crippen molar-refractivity contribution in [2.45, 2.75) is 83.3 Å². The van der Waals surface area contributed by atoms with E-state index in [-0.39, 0.29) is 5.56 Å². The van der Waals surface area contributed by atoms with Crippen molar-refractivity contribution in [3.8, 4) is 0 Å². The number of fused-ring (bicyclic) bond motifs is 3. The molecule has 0 fully saturated rings. The van der Waals surface area contributed by atoms with Crippen LogP contribution in [0.25, 0.3) is 10.2 Å². The number of aromatic nitrogens is 2. The maximum Gasteiger partial charge on any atom is 0.263 e. The second-order valence-electron chi connectivity index (χ2n) is 7.40. The molecule has 0 atom stereocenters. The van der Waals surface area contributed by atoms with E-state index in [1.165, 1.54) is 55.4 Å². The molecule has 26 heavy (non-hydrogen) atoms. The SMILES string of the molecule is C=C(C)Cn1c(SCCCCCCC)nc2sc3c(c2c1=O)CCCC3. The minimum absolute atomic E-state index is 0.144. The van der Waals surface area contributed by atoms with Gasteiger partial charge in [-0.25, -0.2) is 4.98 Å². The van der Waals surface area contributed by atoms with Crippen LogP contribution in [0, 0.1) is 0 Å². The van der Waals surface area contributed by atoms with Crippen LogP contribution in [0.15, 0.2) is 22.1 Å². The van der Waals surface area contributed by atoms with Crippen molar-refractivity contribution in [2.75, 3.05) is 5.75 Å². The molecule has 142 valence electrons. The number of unbranched alkanes of at least 4 members (excludes halogenated alkanes) is 4. The van der Waals surface area contributed by atoms with E-state index in [1.54, 1.807) is 23.1 Å². The van der Waals surface area contributed by atoms with Crippen molar-refractivity contribution in [3.05, 3.63) is 32.9 Å². The molecule has 0 aromatic carbocycles. The van der Waals surface area contributed by atoms with Gasteiger partial charge in [-0.15, -0.1) is 11.3 Å². The van der Waals surface area contributed by atoms with Crippen LogP contribution in [-0.4, -0.2) is 15.3 Å². The third-order valence-corrected chi connectivity index (χ3v) is 7.20. The Bertz CT molecular complexity index is 835. The van der Waals surface area contributed by atoms with Crippen LogP contribution >= 0.6 is 23.1 Å². The van der Waals surface area contributed by atoms with Crippen molar-refractivity contribution in [3.63, 3.8) is 0 Å². The average molecular weight is 391 g/mol. The van der Waals surface area contributed by atoms with Gasteiger partial charge in [-0.2, -0.15) is 0 Å². The van der Waals surface area contributed by atoms with Gasteiger partial charge in [-0.1, -0.05) is 56.5 Å². The van der Waals surface area contributed by atoms with Crippen molar-refractivity contribution < 1.29 is 0 Å². The van der Waals surface area contributed by atoms with E-state index in [2.05, 4.69) is 13.5 Å². The van der Waals surface area contributed by atoms with Gasteiger partial charge in [-0.05, 0) is 44.6 Å². The van der Waals surface area contributed by atoms with Crippen LogP contribution in [0.5, 0.6) is 0 Å². The van der Waals surface area contributed by atoms with E-state index in [1.807, 2.05) is 11.5 Å². The van der Waals surface area contributed by atoms with Gasteiger partial charge >= 0.3 is 0 Å². The highest BCUT2D eigenvalue weighted by Crippen LogP contribution is 2.34. The molecule has 2 heterocycles. The molecule has 0 amide bonds. The summed E-state index contributed by atoms with van der Waals surface area (Å²) in [7, 11) is 0. The molecule has 0 N–H and O–H groups in total. The summed E-state index contributed by atoms with van der Waals surface area (Å²) in [5.41, 5.74) is 2.42. The van der Waals surface area contributed by atoms with Gasteiger partial charge in [0.15, 0.2) is 5.16 Å². The van der Waals surface area contributed by atoms with Crippen molar-refractivity contribution in [1.82, 2.24) is 9.55 Å². The first kappa shape index (κ1) is 19.7. The lowest BCUT2D eigenvalue weighted by Gasteiger charge is -2.13. The molecule has 0 saturated heterocycles. The Balaban J connectivity index is 1.88. The highest BCUT2D eigenvalue weighted by Gasteiger charge is 2.22. The molecule has 2 aromatic heterocycles. The molecule has 0 saturated carbocycles. The highest BCUT2D eigenvalue weighted by molar-refractivity contribution is 7.99. The fourth-order valence-electron chi connectivity index (χ4n) is 3.61. The Labute approximate surface area is 164 Å². The quantitative estimate of drug-likeness (QED) is 0.229. The Morgan fingerprint density at radius 1 is 1.23 bits per heavy atom. The monoisotopic (exact) mass is 390 g/mol. The van der Waals surface area contributed by atoms with Crippen molar-refractivity contribution in [1.29, 1.82) is 0 Å². The van der Waals surface area contributed by atoms with E-state index in [4.69, 9.17) is 4.98 Å². The first-order valence-electron chi connectivity index (χ1n) is 9.94. The zero-order valence-corrected chi connectivity index (χ0v) is 17.7. The average Bonchev–Trinajstić information content (AvgIpc) is 2.99. The molecule has 0 bridgehead atoms. The molecule has 1 aliphatic carbocycles. The van der Waals surface area contributed by atoms with Gasteiger partial charge in [0, 0.05) is 17.2 Å². The van der Waals surface area contributed by atoms with Crippen LogP contribution in [0.3, 0.4) is 0 Å². The topological polar surface area (TPSA) is 34.9 Å². The fourth-order valence-corrected chi connectivity index (χ4v) is 5.91. The first-order chi connectivity index (χ1) is 12.6. The minimum atomic E-state index is 0.144. The molecule has 1 aliphatic rings. The summed E-state index contributed by atoms with van der Waals surface area (Å²) in [5.74, 6) is 1.03. The summed E-state index contributed by atoms with van der Waals surface area (Å²) in [6.07, 6.45) is 10.9. The molecular weight excluding hydrogens is 360 g/mol. The lowest BCUT2D eigenvalue weighted by atomic mass is 9.97. The van der Waals surface area contributed by atoms with Crippen LogP contribution in [0.1, 0.15) is 69.2 Å². The standard InChI is InChI=1S/C21H30N2OS2/c1-4-5-6-7-10-13-25-21-22-19-18(20(24)23(21)14-15(2)3)16-11-8-9-12-17(16)26-19/h2,4-14H2,1,3H3. The number of allylic oxidation sites excluding steroid dienone is 1. The summed E-state index contributed by atoms with van der Waals surface area (Å²) in [5, 5.41) is 1.76. The maximum absolute atomic E-state index is 13.3. The Hall–Kier alpha value is -1.07. The number of hydrogen-bond acceptors (Lipinski definition) is 4. The molecule has 3 nitrogen and oxygen atoms in total. The normalized spacial score (nSPS) is 13.9. The number of rotatable bonds is 9. The van der Waals surface area contributed by atoms with Crippen LogP contribution in [-0.2, 0) is 19.4 Å². The number of nitrogens with zero attached hydrogens (tertiary/aromatic N) is 2. The third-order valence-electron chi connectivity index (χ3n) is 4.95. The number of thiophene rings is 1. The Morgan fingerprint density at radius 3 is 2.77 bits per heavy atom. The summed E-state index contributed by atoms with van der Waals surface area (Å²) in [6, 6.07) is 0. The number of hydrogen-bond donors (Lipinski definition) is 0. The van der Waals surface area contributed by atoms with E-state index in [0.29, 0.717) is 6.54 Å². The van der Waals surface area contributed by atoms with Gasteiger partial charge in [0.1, 0.15) is 4.83 Å². The first-order valence-corrected chi connectivity index (χ1v) is 11.7. The Kier molecular flexibility index (Phi) is 6.98. The molecule has 0 radical (unpaired) electrons. The predicted octanol–water partition coefficient (Wildman–Crippen LogP) is 5.98. The van der Waals surface area contributed by atoms with Crippen molar-refractivity contribution >= 4 is 33.3 Å². The van der Waals surface area contributed by atoms with E-state index in [0.717, 1.165) is 39.5 Å². The van der Waals surface area contributed by atoms with Gasteiger partial charge in [0.25, 0.3) is 5.56 Å². The molecular formula is C21H30N2OS2. The molecule has 3 rings (SSSR count). The molecule has 5 heteroatoms. The number of thioether (sulfide) groups is 1. The summed E-state index contributed by atoms with van der Waals surface area (Å²) in [4.78, 5) is 20.5. The lowest BCUT2D eigenvalue weighted by Crippen LogP contribution is -2.24. The second kappa shape index (κ2) is 9.23. The minimum Gasteiger partial charge on any atom is -0.283 e. The molecule has 0 spiro atoms. The fraction of sp³-hybridized carbons (Fsp3) is 0.619. The highest BCUT2D eigenvalue weighted by atomic mass is 32.2. The zero-order chi connectivity index (χ0) is 18.5. The van der Waals surface area contributed by atoms with Crippen LogP contribution in [0.4, 0.5) is 0 Å². The summed E-state index contributed by atoms with van der Waals surface area (Å²) < 4.78 is 1.86. The van der Waals surface area contributed by atoms with E-state index in [9.17, 15) is 4.79 Å². The molecule has 0 unspecified atom stereocenters. The van der Waals surface area contributed by atoms with Gasteiger partial charge in [-0.3, -0.25) is 9.36 Å². The van der Waals surface area contributed by atoms with Crippen LogP contribution < -0.4 is 5.56 Å². The third kappa shape index (κ3) is 4.42. The zero-order valence-electron chi connectivity index (χ0n) is 16.1. The summed E-state index contributed by atoms with van der Waals surface area (Å²) in [6.45, 7) is 8.82. The second-order valence-corrected chi connectivity index (χ2v) is 9.54. The molecule has 2 aromatic rings. The predicted molar refractivity (Wildman–Crippen MR) is 115 cm³/mol. The van der Waals surface area contributed by atoms with Gasteiger partial charge in [0.05, 0.1) is 5.39 Å². The van der Waals surface area contributed by atoms with Gasteiger partial charge in [0.2, 0.25) is 0 Å². The lowest BCUT2D eigenvalue weighted by molar-refractivity contribution is 0.644. The summed E-state index contributed by atoms with van der Waals surface area (Å²) >= 11 is 3.49. The molecule has 0 aliphatic heterocycles. The maximum atomic E-state index is 13.3. The van der Waals surface area contributed by atoms with E-state index >= 15 is 0 Å².